The van der Waals surface area contributed by atoms with Gasteiger partial charge in [0.2, 0.25) is 0 Å². The van der Waals surface area contributed by atoms with E-state index in [1.807, 2.05) is 18.2 Å². The molecule has 0 aliphatic rings. The second kappa shape index (κ2) is 5.15. The van der Waals surface area contributed by atoms with Crippen molar-refractivity contribution in [2.24, 2.45) is 0 Å². The molecule has 3 N–H and O–H groups in total. The highest BCUT2D eigenvalue weighted by molar-refractivity contribution is 6.39. The van der Waals surface area contributed by atoms with Gasteiger partial charge in [0.1, 0.15) is 0 Å². The first-order valence-electron chi connectivity index (χ1n) is 5.88. The average molecular weight is 305 g/mol. The monoisotopic (exact) mass is 304 g/mol. The molecule has 0 spiro atoms. The third kappa shape index (κ3) is 2.13. The van der Waals surface area contributed by atoms with Crippen LogP contribution in [-0.2, 0) is 0 Å². The van der Waals surface area contributed by atoms with Gasteiger partial charge in [0.15, 0.2) is 5.82 Å². The quantitative estimate of drug-likeness (QED) is 0.751. The summed E-state index contributed by atoms with van der Waals surface area (Å²) in [6, 6.07) is 10.9. The van der Waals surface area contributed by atoms with Crippen molar-refractivity contribution in [3.05, 3.63) is 52.6 Å². The van der Waals surface area contributed by atoms with Crippen LogP contribution < -0.4 is 5.73 Å². The smallest absolute Gasteiger partial charge is 0.155 e. The minimum Gasteiger partial charge on any atom is -0.382 e. The standard InChI is InChI=1S/C14H10Cl2N4/c15-8-4-3-5-9(16)11(8)13-12(14(17)20-19-13)10-6-1-2-7-18-10/h1-7H,(H3,17,19,20). The van der Waals surface area contributed by atoms with Crippen molar-refractivity contribution in [3.8, 4) is 22.5 Å². The number of halogens is 2. The second-order valence-electron chi connectivity index (χ2n) is 4.17. The summed E-state index contributed by atoms with van der Waals surface area (Å²) in [6.45, 7) is 0. The third-order valence-corrected chi connectivity index (χ3v) is 3.56. The number of benzene rings is 1. The first-order chi connectivity index (χ1) is 9.68. The lowest BCUT2D eigenvalue weighted by Crippen LogP contribution is -1.91. The average Bonchev–Trinajstić information content (AvgIpc) is 2.81. The SMILES string of the molecule is Nc1n[nH]c(-c2c(Cl)cccc2Cl)c1-c1ccccn1. The Bertz CT molecular complexity index is 733. The van der Waals surface area contributed by atoms with Crippen molar-refractivity contribution >= 4 is 29.0 Å². The van der Waals surface area contributed by atoms with Gasteiger partial charge in [-0.2, -0.15) is 5.10 Å². The van der Waals surface area contributed by atoms with E-state index in [4.69, 9.17) is 28.9 Å². The third-order valence-electron chi connectivity index (χ3n) is 2.93. The molecule has 0 bridgehead atoms. The predicted molar refractivity (Wildman–Crippen MR) is 81.7 cm³/mol. The topological polar surface area (TPSA) is 67.6 Å². The van der Waals surface area contributed by atoms with Crippen LogP contribution in [-0.4, -0.2) is 15.2 Å². The van der Waals surface area contributed by atoms with E-state index in [9.17, 15) is 0 Å². The van der Waals surface area contributed by atoms with Gasteiger partial charge in [0.25, 0.3) is 0 Å². The maximum absolute atomic E-state index is 6.24. The Kier molecular flexibility index (Phi) is 3.34. The van der Waals surface area contributed by atoms with E-state index in [2.05, 4.69) is 15.2 Å². The van der Waals surface area contributed by atoms with Crippen LogP contribution in [0.25, 0.3) is 22.5 Å². The van der Waals surface area contributed by atoms with E-state index in [0.717, 1.165) is 0 Å². The van der Waals surface area contributed by atoms with Gasteiger partial charge in [-0.15, -0.1) is 0 Å². The zero-order valence-electron chi connectivity index (χ0n) is 10.3. The molecule has 20 heavy (non-hydrogen) atoms. The van der Waals surface area contributed by atoms with Crippen molar-refractivity contribution in [2.75, 3.05) is 5.73 Å². The number of H-pyrrole nitrogens is 1. The van der Waals surface area contributed by atoms with Crippen molar-refractivity contribution in [1.29, 1.82) is 0 Å². The van der Waals surface area contributed by atoms with E-state index in [1.54, 1.807) is 24.4 Å². The molecule has 6 heteroatoms. The van der Waals surface area contributed by atoms with Crippen LogP contribution in [0.5, 0.6) is 0 Å². The predicted octanol–water partition coefficient (Wildman–Crippen LogP) is 4.03. The summed E-state index contributed by atoms with van der Waals surface area (Å²) in [5.41, 5.74) is 8.68. The van der Waals surface area contributed by atoms with Crippen molar-refractivity contribution < 1.29 is 0 Å². The maximum atomic E-state index is 6.24. The van der Waals surface area contributed by atoms with E-state index in [0.29, 0.717) is 38.4 Å². The van der Waals surface area contributed by atoms with Gasteiger partial charge in [0, 0.05) is 11.8 Å². The molecule has 0 atom stereocenters. The minimum absolute atomic E-state index is 0.356. The number of aromatic amines is 1. The number of hydrogen-bond donors (Lipinski definition) is 2. The zero-order valence-corrected chi connectivity index (χ0v) is 11.8. The number of nitrogens with zero attached hydrogens (tertiary/aromatic N) is 2. The van der Waals surface area contributed by atoms with Crippen LogP contribution in [0.1, 0.15) is 0 Å². The molecule has 4 nitrogen and oxygen atoms in total. The first-order valence-corrected chi connectivity index (χ1v) is 6.63. The van der Waals surface area contributed by atoms with Gasteiger partial charge < -0.3 is 5.73 Å². The number of pyridine rings is 1. The summed E-state index contributed by atoms with van der Waals surface area (Å²) in [5.74, 6) is 0.356. The van der Waals surface area contributed by atoms with E-state index in [1.165, 1.54) is 0 Å². The van der Waals surface area contributed by atoms with Gasteiger partial charge >= 0.3 is 0 Å². The Hall–Kier alpha value is -2.04. The summed E-state index contributed by atoms with van der Waals surface area (Å²) in [4.78, 5) is 4.30. The van der Waals surface area contributed by atoms with E-state index in [-0.39, 0.29) is 0 Å². The van der Waals surface area contributed by atoms with Gasteiger partial charge in [-0.05, 0) is 24.3 Å². The molecule has 0 saturated heterocycles. The fourth-order valence-corrected chi connectivity index (χ4v) is 2.63. The molecule has 2 aromatic heterocycles. The Morgan fingerprint density at radius 1 is 0.950 bits per heavy atom. The Labute approximate surface area is 125 Å². The highest BCUT2D eigenvalue weighted by atomic mass is 35.5. The number of nitrogens with two attached hydrogens (primary N) is 1. The summed E-state index contributed by atoms with van der Waals surface area (Å²) in [5, 5.41) is 7.99. The van der Waals surface area contributed by atoms with Gasteiger partial charge in [-0.1, -0.05) is 35.3 Å². The van der Waals surface area contributed by atoms with Crippen LogP contribution in [0.4, 0.5) is 5.82 Å². The highest BCUT2D eigenvalue weighted by Gasteiger charge is 2.19. The van der Waals surface area contributed by atoms with Crippen LogP contribution in [0.15, 0.2) is 42.6 Å². The van der Waals surface area contributed by atoms with E-state index < -0.39 is 0 Å². The van der Waals surface area contributed by atoms with Crippen molar-refractivity contribution in [1.82, 2.24) is 15.2 Å². The lowest BCUT2D eigenvalue weighted by atomic mass is 10.0. The van der Waals surface area contributed by atoms with Crippen LogP contribution in [0.2, 0.25) is 10.0 Å². The maximum Gasteiger partial charge on any atom is 0.155 e. The molecule has 0 fully saturated rings. The molecule has 0 saturated carbocycles. The van der Waals surface area contributed by atoms with Gasteiger partial charge in [-0.25, -0.2) is 0 Å². The highest BCUT2D eigenvalue weighted by Crippen LogP contribution is 2.40. The molecular weight excluding hydrogens is 295 g/mol. The molecule has 100 valence electrons. The molecule has 0 unspecified atom stereocenters. The molecule has 1 aromatic carbocycles. The van der Waals surface area contributed by atoms with Gasteiger partial charge in [0.05, 0.1) is 27.0 Å². The number of anilines is 1. The molecular formula is C14H10Cl2N4. The number of hydrogen-bond acceptors (Lipinski definition) is 3. The number of nitrogens with one attached hydrogen (secondary N) is 1. The fraction of sp³-hybridized carbons (Fsp3) is 0. The lowest BCUT2D eigenvalue weighted by molar-refractivity contribution is 1.10. The fourth-order valence-electron chi connectivity index (χ4n) is 2.04. The first kappa shape index (κ1) is 13.0. The number of rotatable bonds is 2. The summed E-state index contributed by atoms with van der Waals surface area (Å²) < 4.78 is 0. The van der Waals surface area contributed by atoms with Gasteiger partial charge in [-0.3, -0.25) is 10.1 Å². The van der Waals surface area contributed by atoms with Crippen molar-refractivity contribution in [3.63, 3.8) is 0 Å². The normalized spacial score (nSPS) is 10.7. The Morgan fingerprint density at radius 2 is 1.70 bits per heavy atom. The Balaban J connectivity index is 2.27. The van der Waals surface area contributed by atoms with Crippen molar-refractivity contribution in [2.45, 2.75) is 0 Å². The lowest BCUT2D eigenvalue weighted by Gasteiger charge is -2.07. The molecule has 3 aromatic rings. The Morgan fingerprint density at radius 3 is 2.35 bits per heavy atom. The minimum atomic E-state index is 0.356. The van der Waals surface area contributed by atoms with Crippen LogP contribution >= 0.6 is 23.2 Å². The van der Waals surface area contributed by atoms with E-state index >= 15 is 0 Å². The van der Waals surface area contributed by atoms with Crippen LogP contribution in [0, 0.1) is 0 Å². The molecule has 0 aliphatic carbocycles. The largest absolute Gasteiger partial charge is 0.382 e. The second-order valence-corrected chi connectivity index (χ2v) is 4.98. The molecule has 0 radical (unpaired) electrons. The molecule has 3 rings (SSSR count). The molecule has 2 heterocycles. The number of nitrogen functional groups attached to an aromatic ring is 1. The summed E-state index contributed by atoms with van der Waals surface area (Å²) >= 11 is 12.5. The zero-order chi connectivity index (χ0) is 14.1. The summed E-state index contributed by atoms with van der Waals surface area (Å²) in [6.07, 6.45) is 1.69. The molecule has 0 aliphatic heterocycles. The summed E-state index contributed by atoms with van der Waals surface area (Å²) in [7, 11) is 0. The van der Waals surface area contributed by atoms with Crippen LogP contribution in [0.3, 0.4) is 0 Å². The number of aromatic nitrogens is 3. The molecule has 0 amide bonds.